The fraction of sp³-hybridized carbons (Fsp3) is 0.348. The van der Waals surface area contributed by atoms with Crippen molar-refractivity contribution in [2.75, 3.05) is 6.61 Å². The average molecular weight is 544 g/mol. The largest absolute Gasteiger partial charge is 0.394 e. The molecular formula is C23H20F8O6. The van der Waals surface area contributed by atoms with Crippen LogP contribution in [-0.2, 0) is 12.8 Å². The van der Waals surface area contributed by atoms with Crippen LogP contribution < -0.4 is 0 Å². The molecule has 0 aliphatic carbocycles. The van der Waals surface area contributed by atoms with E-state index in [1.54, 1.807) is 0 Å². The van der Waals surface area contributed by atoms with Crippen molar-refractivity contribution in [1.82, 2.24) is 0 Å². The lowest BCUT2D eigenvalue weighted by Gasteiger charge is -2.29. The van der Waals surface area contributed by atoms with Crippen LogP contribution in [0.15, 0.2) is 29.5 Å². The van der Waals surface area contributed by atoms with Crippen molar-refractivity contribution in [3.63, 3.8) is 0 Å². The maximum atomic E-state index is 14.2. The predicted octanol–water partition coefficient (Wildman–Crippen LogP) is 1.46. The van der Waals surface area contributed by atoms with Gasteiger partial charge in [0, 0.05) is 41.7 Å². The Bertz CT molecular complexity index is 1200. The fourth-order valence-electron chi connectivity index (χ4n) is 3.20. The molecule has 1 unspecified atom stereocenters. The van der Waals surface area contributed by atoms with Crippen LogP contribution in [0.1, 0.15) is 11.1 Å². The van der Waals surface area contributed by atoms with Gasteiger partial charge in [0.1, 0.15) is 42.2 Å². The molecule has 0 saturated heterocycles. The molecule has 0 bridgehead atoms. The third-order valence-corrected chi connectivity index (χ3v) is 5.34. The third-order valence-electron chi connectivity index (χ3n) is 5.34. The number of aliphatic hydroxyl groups excluding tert-OH is 6. The molecule has 14 heteroatoms. The Balaban J connectivity index is 2.55. The van der Waals surface area contributed by atoms with Crippen LogP contribution in [0.2, 0.25) is 0 Å². The minimum absolute atomic E-state index is 0.0288. The molecule has 6 N–H and O–H groups in total. The monoisotopic (exact) mass is 544 g/mol. The highest BCUT2D eigenvalue weighted by Crippen LogP contribution is 2.25. The summed E-state index contributed by atoms with van der Waals surface area (Å²) in [5.74, 6) is -15.0. The van der Waals surface area contributed by atoms with E-state index in [0.717, 1.165) is 0 Å². The molecule has 204 valence electrons. The summed E-state index contributed by atoms with van der Waals surface area (Å²) in [6, 6.07) is -0.0127. The predicted molar refractivity (Wildman–Crippen MR) is 109 cm³/mol. The Morgan fingerprint density at radius 1 is 0.676 bits per heavy atom. The molecule has 2 aromatic rings. The highest BCUT2D eigenvalue weighted by molar-refractivity contribution is 5.30. The zero-order valence-electron chi connectivity index (χ0n) is 18.4. The molecule has 37 heavy (non-hydrogen) atoms. The second kappa shape index (κ2) is 12.6. The molecule has 5 atom stereocenters. The van der Waals surface area contributed by atoms with Gasteiger partial charge in [0.05, 0.1) is 6.61 Å². The fourth-order valence-corrected chi connectivity index (χ4v) is 3.20. The summed E-state index contributed by atoms with van der Waals surface area (Å²) in [5.41, 5.74) is -0.986. The number of hydrogen-bond acceptors (Lipinski definition) is 6. The van der Waals surface area contributed by atoms with Crippen molar-refractivity contribution < 1.29 is 65.8 Å². The minimum Gasteiger partial charge on any atom is -0.394 e. The zero-order valence-corrected chi connectivity index (χ0v) is 18.4. The van der Waals surface area contributed by atoms with Crippen molar-refractivity contribution in [1.29, 1.82) is 0 Å². The van der Waals surface area contributed by atoms with Crippen LogP contribution in [0.25, 0.3) is 0 Å². The Hall–Kier alpha value is -2.84. The van der Waals surface area contributed by atoms with E-state index < -0.39 is 113 Å². The first-order chi connectivity index (χ1) is 17.2. The smallest absolute Gasteiger partial charge is 0.194 e. The lowest BCUT2D eigenvalue weighted by molar-refractivity contribution is -0.134. The summed E-state index contributed by atoms with van der Waals surface area (Å²) in [7, 11) is 0. The van der Waals surface area contributed by atoms with Gasteiger partial charge in [-0.05, 0) is 6.08 Å². The summed E-state index contributed by atoms with van der Waals surface area (Å²) >= 11 is 0. The standard InChI is InChI=1S/C23H20F8O6/c24-11-5-13(26)18(30)16(28)9(11)3-1-2-8(4-10-12(25)6-14(27)19(31)17(10)29)20(34)22(36)23(37)21(35)15(33)7-32/h1,5-6,15,20-23,32-37H,3-4,7H2/t2?,15-,20?,21+,22+,23-/m0/s1. The van der Waals surface area contributed by atoms with Crippen LogP contribution in [0.4, 0.5) is 35.1 Å². The molecule has 0 radical (unpaired) electrons. The maximum absolute atomic E-state index is 14.2. The van der Waals surface area contributed by atoms with Crippen molar-refractivity contribution in [3.05, 3.63) is 87.2 Å². The number of rotatable bonds is 10. The van der Waals surface area contributed by atoms with E-state index >= 15 is 0 Å². The molecule has 0 saturated carbocycles. The van der Waals surface area contributed by atoms with E-state index in [2.05, 4.69) is 5.73 Å². The van der Waals surface area contributed by atoms with Crippen LogP contribution in [0.5, 0.6) is 0 Å². The second-order valence-corrected chi connectivity index (χ2v) is 7.81. The lowest BCUT2D eigenvalue weighted by Crippen LogP contribution is -2.50. The van der Waals surface area contributed by atoms with E-state index in [1.165, 1.54) is 0 Å². The number of hydrogen-bond donors (Lipinski definition) is 6. The van der Waals surface area contributed by atoms with E-state index in [-0.39, 0.29) is 12.1 Å². The second-order valence-electron chi connectivity index (χ2n) is 7.81. The minimum atomic E-state index is -2.47. The van der Waals surface area contributed by atoms with Crippen molar-refractivity contribution in [3.8, 4) is 0 Å². The zero-order chi connectivity index (χ0) is 28.2. The van der Waals surface area contributed by atoms with Crippen LogP contribution in [-0.4, -0.2) is 67.8 Å². The van der Waals surface area contributed by atoms with Gasteiger partial charge < -0.3 is 30.6 Å². The number of aliphatic hydroxyl groups is 6. The molecule has 6 nitrogen and oxygen atoms in total. The molecule has 0 aliphatic rings. The average Bonchev–Trinajstić information content (AvgIpc) is 2.86. The van der Waals surface area contributed by atoms with Gasteiger partial charge in [-0.1, -0.05) is 0 Å². The van der Waals surface area contributed by atoms with Gasteiger partial charge in [0.15, 0.2) is 34.9 Å². The summed E-state index contributed by atoms with van der Waals surface area (Å²) in [6.45, 7) is -1.10. The van der Waals surface area contributed by atoms with Crippen LogP contribution >= 0.6 is 0 Å². The van der Waals surface area contributed by atoms with E-state index in [4.69, 9.17) is 5.11 Å². The summed E-state index contributed by atoms with van der Waals surface area (Å²) < 4.78 is 110. The first-order valence-corrected chi connectivity index (χ1v) is 10.3. The molecule has 0 fully saturated rings. The molecule has 2 rings (SSSR count). The van der Waals surface area contributed by atoms with Gasteiger partial charge >= 0.3 is 0 Å². The molecular weight excluding hydrogens is 524 g/mol. The Morgan fingerprint density at radius 3 is 1.68 bits per heavy atom. The molecule has 0 spiro atoms. The Morgan fingerprint density at radius 2 is 1.16 bits per heavy atom. The highest BCUT2D eigenvalue weighted by Gasteiger charge is 2.36. The SMILES string of the molecule is OC[C@H](O)[C@@H](O)[C@H](O)[C@H](O)C(O)C(=C=CCc1c(F)cc(F)c(F)c1F)Cc1c(F)cc(F)c(F)c1F. The van der Waals surface area contributed by atoms with Gasteiger partial charge in [-0.25, -0.2) is 35.1 Å². The summed E-state index contributed by atoms with van der Waals surface area (Å²) in [4.78, 5) is 0. The van der Waals surface area contributed by atoms with Gasteiger partial charge in [-0.15, -0.1) is 5.73 Å². The van der Waals surface area contributed by atoms with E-state index in [9.17, 15) is 60.7 Å². The van der Waals surface area contributed by atoms with Gasteiger partial charge in [-0.3, -0.25) is 0 Å². The Labute approximate surface area is 203 Å². The van der Waals surface area contributed by atoms with Crippen molar-refractivity contribution in [2.45, 2.75) is 43.4 Å². The molecule has 0 heterocycles. The first-order valence-electron chi connectivity index (χ1n) is 10.3. The third kappa shape index (κ3) is 6.73. The van der Waals surface area contributed by atoms with Gasteiger partial charge in [0.25, 0.3) is 0 Å². The van der Waals surface area contributed by atoms with Gasteiger partial charge in [-0.2, -0.15) is 0 Å². The van der Waals surface area contributed by atoms with Gasteiger partial charge in [0.2, 0.25) is 0 Å². The molecule has 0 aromatic heterocycles. The molecule has 2 aromatic carbocycles. The van der Waals surface area contributed by atoms with Crippen molar-refractivity contribution >= 4 is 0 Å². The van der Waals surface area contributed by atoms with Crippen LogP contribution in [0, 0.1) is 46.5 Å². The maximum Gasteiger partial charge on any atom is 0.194 e. The quantitative estimate of drug-likeness (QED) is 0.117. The topological polar surface area (TPSA) is 121 Å². The first kappa shape index (κ1) is 30.4. The highest BCUT2D eigenvalue weighted by atomic mass is 19.2. The normalized spacial score (nSPS) is 15.5. The van der Waals surface area contributed by atoms with Crippen molar-refractivity contribution in [2.24, 2.45) is 0 Å². The van der Waals surface area contributed by atoms with E-state index in [1.807, 2.05) is 0 Å². The molecule has 0 aliphatic heterocycles. The summed E-state index contributed by atoms with van der Waals surface area (Å²) in [5, 5.41) is 58.6. The lowest BCUT2D eigenvalue weighted by atomic mass is 9.91. The Kier molecular flexibility index (Phi) is 10.4. The van der Waals surface area contributed by atoms with E-state index in [0.29, 0.717) is 6.08 Å². The van der Waals surface area contributed by atoms with Crippen LogP contribution in [0.3, 0.4) is 0 Å². The number of benzene rings is 2. The number of halogens is 8. The summed E-state index contributed by atoms with van der Waals surface area (Å²) in [6.07, 6.45) is -13.0. The molecule has 0 amide bonds.